The van der Waals surface area contributed by atoms with E-state index in [1.807, 2.05) is 42.9 Å². The van der Waals surface area contributed by atoms with Crippen LogP contribution in [-0.2, 0) is 7.05 Å². The van der Waals surface area contributed by atoms with Crippen molar-refractivity contribution in [2.75, 3.05) is 0 Å². The van der Waals surface area contributed by atoms with Crippen LogP contribution in [0.2, 0.25) is 0 Å². The van der Waals surface area contributed by atoms with E-state index in [9.17, 15) is 4.79 Å². The summed E-state index contributed by atoms with van der Waals surface area (Å²) < 4.78 is 7.10. The van der Waals surface area contributed by atoms with Gasteiger partial charge in [0.25, 0.3) is 0 Å². The maximum absolute atomic E-state index is 11.2. The zero-order chi connectivity index (χ0) is 13.6. The van der Waals surface area contributed by atoms with Crippen molar-refractivity contribution in [3.05, 3.63) is 41.7 Å². The fourth-order valence-corrected chi connectivity index (χ4v) is 2.44. The lowest BCUT2D eigenvalue weighted by molar-refractivity contribution is 0.0697. The Bertz CT molecular complexity index is 783. The van der Waals surface area contributed by atoms with Crippen molar-refractivity contribution in [3.8, 4) is 11.3 Å². The number of aromatic carboxylic acids is 1. The van der Waals surface area contributed by atoms with E-state index in [0.717, 1.165) is 22.0 Å². The van der Waals surface area contributed by atoms with Crippen molar-refractivity contribution >= 4 is 16.9 Å². The van der Waals surface area contributed by atoms with Crippen LogP contribution < -0.4 is 0 Å². The van der Waals surface area contributed by atoms with Gasteiger partial charge in [-0.3, -0.25) is 0 Å². The standard InChI is InChI=1S/C14H12N2O3/c1-8-4-3-5-9-11(7-16(2)12(8)9)13-10(14(17)18)6-15-19-13/h3-7H,1-2H3,(H,17,18). The third-order valence-electron chi connectivity index (χ3n) is 3.25. The van der Waals surface area contributed by atoms with E-state index < -0.39 is 5.97 Å². The summed E-state index contributed by atoms with van der Waals surface area (Å²) in [6, 6.07) is 5.91. The van der Waals surface area contributed by atoms with Crippen molar-refractivity contribution in [1.82, 2.24) is 9.72 Å². The number of benzene rings is 1. The van der Waals surface area contributed by atoms with Crippen LogP contribution in [0.25, 0.3) is 22.2 Å². The topological polar surface area (TPSA) is 68.3 Å². The SMILES string of the molecule is Cc1cccc2c(-c3oncc3C(=O)O)cn(C)c12. The zero-order valence-electron chi connectivity index (χ0n) is 10.5. The van der Waals surface area contributed by atoms with E-state index in [-0.39, 0.29) is 5.56 Å². The number of aryl methyl sites for hydroxylation is 2. The molecule has 19 heavy (non-hydrogen) atoms. The highest BCUT2D eigenvalue weighted by molar-refractivity contribution is 6.02. The van der Waals surface area contributed by atoms with Crippen molar-refractivity contribution in [2.24, 2.45) is 7.05 Å². The largest absolute Gasteiger partial charge is 0.477 e. The number of fused-ring (bicyclic) bond motifs is 1. The molecule has 2 aromatic heterocycles. The first-order valence-corrected chi connectivity index (χ1v) is 5.82. The molecule has 3 rings (SSSR count). The molecule has 0 amide bonds. The Hall–Kier alpha value is -2.56. The minimum Gasteiger partial charge on any atom is -0.477 e. The zero-order valence-corrected chi connectivity index (χ0v) is 10.5. The number of aromatic nitrogens is 2. The van der Waals surface area contributed by atoms with Gasteiger partial charge in [0.1, 0.15) is 5.56 Å². The van der Waals surface area contributed by atoms with Gasteiger partial charge in [-0.05, 0) is 12.5 Å². The molecule has 0 saturated carbocycles. The summed E-state index contributed by atoms with van der Waals surface area (Å²) >= 11 is 0. The number of hydrogen-bond donors (Lipinski definition) is 1. The van der Waals surface area contributed by atoms with E-state index >= 15 is 0 Å². The van der Waals surface area contributed by atoms with Crippen LogP contribution in [0.15, 0.2) is 35.1 Å². The molecule has 96 valence electrons. The number of hydrogen-bond acceptors (Lipinski definition) is 3. The van der Waals surface area contributed by atoms with Gasteiger partial charge in [-0.15, -0.1) is 0 Å². The molecule has 0 unspecified atom stereocenters. The molecule has 2 heterocycles. The van der Waals surface area contributed by atoms with Crippen molar-refractivity contribution in [3.63, 3.8) is 0 Å². The van der Waals surface area contributed by atoms with Gasteiger partial charge in [0.15, 0.2) is 5.76 Å². The molecule has 0 atom stereocenters. The first-order chi connectivity index (χ1) is 9.09. The highest BCUT2D eigenvalue weighted by Gasteiger charge is 2.20. The van der Waals surface area contributed by atoms with Gasteiger partial charge < -0.3 is 14.2 Å². The van der Waals surface area contributed by atoms with Crippen LogP contribution in [0.3, 0.4) is 0 Å². The molecule has 0 fully saturated rings. The summed E-state index contributed by atoms with van der Waals surface area (Å²) in [6.45, 7) is 2.02. The summed E-state index contributed by atoms with van der Waals surface area (Å²) in [5.41, 5.74) is 3.01. The normalized spacial score (nSPS) is 11.1. The van der Waals surface area contributed by atoms with Gasteiger partial charge in [-0.1, -0.05) is 23.4 Å². The van der Waals surface area contributed by atoms with Gasteiger partial charge >= 0.3 is 5.97 Å². The van der Waals surface area contributed by atoms with Crippen LogP contribution >= 0.6 is 0 Å². The predicted molar refractivity (Wildman–Crippen MR) is 70.1 cm³/mol. The van der Waals surface area contributed by atoms with E-state index in [2.05, 4.69) is 5.16 Å². The summed E-state index contributed by atoms with van der Waals surface area (Å²) in [4.78, 5) is 11.2. The molecule has 0 aliphatic carbocycles. The van der Waals surface area contributed by atoms with Gasteiger partial charge in [-0.25, -0.2) is 4.79 Å². The average molecular weight is 256 g/mol. The lowest BCUT2D eigenvalue weighted by Crippen LogP contribution is -1.95. The van der Waals surface area contributed by atoms with Crippen LogP contribution in [-0.4, -0.2) is 20.8 Å². The molecule has 0 radical (unpaired) electrons. The van der Waals surface area contributed by atoms with Crippen molar-refractivity contribution < 1.29 is 14.4 Å². The van der Waals surface area contributed by atoms with Gasteiger partial charge in [0.05, 0.1) is 11.7 Å². The first-order valence-electron chi connectivity index (χ1n) is 5.82. The number of rotatable bonds is 2. The fourth-order valence-electron chi connectivity index (χ4n) is 2.44. The number of carboxylic acid groups (broad SMARTS) is 1. The molecular weight excluding hydrogens is 244 g/mol. The summed E-state index contributed by atoms with van der Waals surface area (Å²) in [5, 5.41) is 13.7. The van der Waals surface area contributed by atoms with Gasteiger partial charge in [0.2, 0.25) is 0 Å². The number of nitrogens with zero attached hydrogens (tertiary/aromatic N) is 2. The van der Waals surface area contributed by atoms with Crippen LogP contribution in [0.5, 0.6) is 0 Å². The van der Waals surface area contributed by atoms with E-state index in [1.54, 1.807) is 0 Å². The summed E-state index contributed by atoms with van der Waals surface area (Å²) in [6.07, 6.45) is 3.09. The molecular formula is C14H12N2O3. The van der Waals surface area contributed by atoms with Gasteiger partial charge in [0, 0.05) is 24.2 Å². The molecule has 0 aliphatic rings. The molecule has 1 N–H and O–H groups in total. The first kappa shape index (κ1) is 11.5. The molecule has 0 bridgehead atoms. The molecule has 0 spiro atoms. The number of para-hydroxylation sites is 1. The van der Waals surface area contributed by atoms with E-state index in [1.165, 1.54) is 6.20 Å². The highest BCUT2D eigenvalue weighted by Crippen LogP contribution is 2.33. The average Bonchev–Trinajstić information content (AvgIpc) is 2.94. The van der Waals surface area contributed by atoms with Crippen molar-refractivity contribution in [1.29, 1.82) is 0 Å². The fraction of sp³-hybridized carbons (Fsp3) is 0.143. The molecule has 5 heteroatoms. The van der Waals surface area contributed by atoms with Crippen molar-refractivity contribution in [2.45, 2.75) is 6.92 Å². The smallest absolute Gasteiger partial charge is 0.341 e. The van der Waals surface area contributed by atoms with E-state index in [4.69, 9.17) is 9.63 Å². The molecule has 5 nitrogen and oxygen atoms in total. The third-order valence-corrected chi connectivity index (χ3v) is 3.25. The maximum atomic E-state index is 11.2. The lowest BCUT2D eigenvalue weighted by Gasteiger charge is -1.99. The number of carboxylic acids is 1. The Balaban J connectivity index is 2.35. The van der Waals surface area contributed by atoms with Crippen LogP contribution in [0.4, 0.5) is 0 Å². The Kier molecular flexibility index (Phi) is 2.41. The Morgan fingerprint density at radius 1 is 1.42 bits per heavy atom. The Morgan fingerprint density at radius 3 is 2.95 bits per heavy atom. The van der Waals surface area contributed by atoms with E-state index in [0.29, 0.717) is 5.76 Å². The Morgan fingerprint density at radius 2 is 2.21 bits per heavy atom. The quantitative estimate of drug-likeness (QED) is 0.765. The molecule has 3 aromatic rings. The van der Waals surface area contributed by atoms with Gasteiger partial charge in [-0.2, -0.15) is 0 Å². The summed E-state index contributed by atoms with van der Waals surface area (Å²) in [7, 11) is 1.93. The summed E-state index contributed by atoms with van der Waals surface area (Å²) in [5.74, 6) is -0.746. The second kappa shape index (κ2) is 3.98. The lowest BCUT2D eigenvalue weighted by atomic mass is 10.1. The predicted octanol–water partition coefficient (Wildman–Crippen LogP) is 2.84. The van der Waals surface area contributed by atoms with Crippen LogP contribution in [0, 0.1) is 6.92 Å². The molecule has 1 aromatic carbocycles. The highest BCUT2D eigenvalue weighted by atomic mass is 16.5. The minimum absolute atomic E-state index is 0.0778. The van der Waals surface area contributed by atoms with Crippen LogP contribution in [0.1, 0.15) is 15.9 Å². The number of carbonyl (C=O) groups is 1. The molecule has 0 aliphatic heterocycles. The maximum Gasteiger partial charge on any atom is 0.341 e. The second-order valence-corrected chi connectivity index (χ2v) is 4.50. The second-order valence-electron chi connectivity index (χ2n) is 4.50. The monoisotopic (exact) mass is 256 g/mol. The molecule has 0 saturated heterocycles. The minimum atomic E-state index is -1.04. The third kappa shape index (κ3) is 1.62. The Labute approximate surface area is 109 Å².